The first-order valence-corrected chi connectivity index (χ1v) is 4.72. The first-order chi connectivity index (χ1) is 6.06. The van der Waals surface area contributed by atoms with Crippen molar-refractivity contribution >= 4 is 5.97 Å². The van der Waals surface area contributed by atoms with E-state index >= 15 is 0 Å². The largest absolute Gasteiger partial charge is 0.481 e. The van der Waals surface area contributed by atoms with E-state index in [1.165, 1.54) is 0 Å². The summed E-state index contributed by atoms with van der Waals surface area (Å²) in [5, 5.41) is 8.47. The highest BCUT2D eigenvalue weighted by Crippen LogP contribution is 1.95. The zero-order chi connectivity index (χ0) is 10.3. The Labute approximate surface area is 79.7 Å². The third kappa shape index (κ3) is 7.74. The summed E-state index contributed by atoms with van der Waals surface area (Å²) in [6.45, 7) is 3.78. The van der Waals surface area contributed by atoms with Crippen molar-refractivity contribution in [1.29, 1.82) is 0 Å². The maximum Gasteiger partial charge on any atom is 0.304 e. The van der Waals surface area contributed by atoms with Crippen molar-refractivity contribution in [3.05, 3.63) is 0 Å². The highest BCUT2D eigenvalue weighted by molar-refractivity contribution is 5.67. The van der Waals surface area contributed by atoms with Gasteiger partial charge in [-0.3, -0.25) is 4.79 Å². The van der Waals surface area contributed by atoms with Gasteiger partial charge in [0, 0.05) is 12.6 Å². The molecule has 0 fully saturated rings. The molecule has 78 valence electrons. The van der Waals surface area contributed by atoms with Crippen LogP contribution in [0.3, 0.4) is 0 Å². The van der Waals surface area contributed by atoms with Crippen molar-refractivity contribution in [3.8, 4) is 0 Å². The first-order valence-electron chi connectivity index (χ1n) is 4.72. The lowest BCUT2D eigenvalue weighted by atomic mass is 10.2. The van der Waals surface area contributed by atoms with Gasteiger partial charge in [-0.1, -0.05) is 13.3 Å². The molecular formula is C9H20N2O2. The average Bonchev–Trinajstić information content (AvgIpc) is 1.98. The van der Waals surface area contributed by atoms with Gasteiger partial charge in [0.05, 0.1) is 6.42 Å². The van der Waals surface area contributed by atoms with Crippen LogP contribution in [0.1, 0.15) is 26.2 Å². The summed E-state index contributed by atoms with van der Waals surface area (Å²) in [6.07, 6.45) is 2.34. The number of carboxylic acid groups (broad SMARTS) is 1. The van der Waals surface area contributed by atoms with E-state index in [1.807, 2.05) is 7.05 Å². The Bertz CT molecular complexity index is 151. The van der Waals surface area contributed by atoms with Gasteiger partial charge in [-0.05, 0) is 20.0 Å². The van der Waals surface area contributed by atoms with Crippen LogP contribution in [0, 0.1) is 0 Å². The summed E-state index contributed by atoms with van der Waals surface area (Å²) in [7, 11) is 1.97. The molecular weight excluding hydrogens is 168 g/mol. The molecule has 0 bridgehead atoms. The molecule has 0 amide bonds. The van der Waals surface area contributed by atoms with Gasteiger partial charge >= 0.3 is 5.97 Å². The van der Waals surface area contributed by atoms with E-state index in [1.54, 1.807) is 0 Å². The molecule has 0 aromatic heterocycles. The molecule has 0 spiro atoms. The molecule has 0 aromatic carbocycles. The van der Waals surface area contributed by atoms with Crippen LogP contribution >= 0.6 is 0 Å². The SMILES string of the molecule is CCCCN(C)CC(N)CC(=O)O. The van der Waals surface area contributed by atoms with E-state index in [-0.39, 0.29) is 12.5 Å². The van der Waals surface area contributed by atoms with Crippen LogP contribution in [0.4, 0.5) is 0 Å². The van der Waals surface area contributed by atoms with Crippen molar-refractivity contribution < 1.29 is 9.90 Å². The number of hydrogen-bond acceptors (Lipinski definition) is 3. The molecule has 0 heterocycles. The van der Waals surface area contributed by atoms with Gasteiger partial charge in [0.25, 0.3) is 0 Å². The number of nitrogens with two attached hydrogens (primary N) is 1. The Morgan fingerprint density at radius 2 is 2.23 bits per heavy atom. The lowest BCUT2D eigenvalue weighted by Gasteiger charge is -2.19. The van der Waals surface area contributed by atoms with E-state index in [4.69, 9.17) is 10.8 Å². The number of aliphatic carboxylic acids is 1. The zero-order valence-electron chi connectivity index (χ0n) is 8.49. The number of hydrogen-bond donors (Lipinski definition) is 2. The molecule has 0 saturated heterocycles. The van der Waals surface area contributed by atoms with Crippen LogP contribution in [-0.2, 0) is 4.79 Å². The Hall–Kier alpha value is -0.610. The van der Waals surface area contributed by atoms with Gasteiger partial charge in [0.2, 0.25) is 0 Å². The number of carbonyl (C=O) groups is 1. The van der Waals surface area contributed by atoms with E-state index in [9.17, 15) is 4.79 Å². The first kappa shape index (κ1) is 12.4. The van der Waals surface area contributed by atoms with Gasteiger partial charge in [0.1, 0.15) is 0 Å². The van der Waals surface area contributed by atoms with Gasteiger partial charge < -0.3 is 15.7 Å². The maximum absolute atomic E-state index is 10.3. The Morgan fingerprint density at radius 1 is 1.62 bits per heavy atom. The lowest BCUT2D eigenvalue weighted by Crippen LogP contribution is -2.37. The fraction of sp³-hybridized carbons (Fsp3) is 0.889. The molecule has 4 nitrogen and oxygen atoms in total. The number of unbranched alkanes of at least 4 members (excludes halogenated alkanes) is 1. The van der Waals surface area contributed by atoms with E-state index in [0.29, 0.717) is 6.54 Å². The minimum absolute atomic E-state index is 0.0520. The van der Waals surface area contributed by atoms with E-state index < -0.39 is 5.97 Å². The quantitative estimate of drug-likeness (QED) is 0.611. The molecule has 0 aliphatic rings. The smallest absolute Gasteiger partial charge is 0.304 e. The van der Waals surface area contributed by atoms with E-state index in [0.717, 1.165) is 19.4 Å². The van der Waals surface area contributed by atoms with Crippen LogP contribution in [0.2, 0.25) is 0 Å². The monoisotopic (exact) mass is 188 g/mol. The molecule has 1 atom stereocenters. The second-order valence-electron chi connectivity index (χ2n) is 3.47. The predicted molar refractivity (Wildman–Crippen MR) is 52.6 cm³/mol. The molecule has 0 aliphatic carbocycles. The molecule has 0 saturated carbocycles. The Kier molecular flexibility index (Phi) is 6.54. The van der Waals surface area contributed by atoms with Crippen LogP contribution in [-0.4, -0.2) is 42.2 Å². The summed E-state index contributed by atoms with van der Waals surface area (Å²) in [4.78, 5) is 12.4. The van der Waals surface area contributed by atoms with Gasteiger partial charge in [0.15, 0.2) is 0 Å². The van der Waals surface area contributed by atoms with Crippen molar-refractivity contribution in [3.63, 3.8) is 0 Å². The molecule has 0 radical (unpaired) electrons. The fourth-order valence-electron chi connectivity index (χ4n) is 1.21. The molecule has 13 heavy (non-hydrogen) atoms. The fourth-order valence-corrected chi connectivity index (χ4v) is 1.21. The topological polar surface area (TPSA) is 66.6 Å². The van der Waals surface area contributed by atoms with Gasteiger partial charge in [-0.25, -0.2) is 0 Å². The van der Waals surface area contributed by atoms with Crippen molar-refractivity contribution in [2.45, 2.75) is 32.2 Å². The summed E-state index contributed by atoms with van der Waals surface area (Å²) < 4.78 is 0. The van der Waals surface area contributed by atoms with Crippen molar-refractivity contribution in [2.75, 3.05) is 20.1 Å². The third-order valence-corrected chi connectivity index (χ3v) is 1.88. The minimum atomic E-state index is -0.823. The van der Waals surface area contributed by atoms with Crippen LogP contribution in [0.25, 0.3) is 0 Å². The minimum Gasteiger partial charge on any atom is -0.481 e. The molecule has 0 aliphatic heterocycles. The van der Waals surface area contributed by atoms with Crippen molar-refractivity contribution in [1.82, 2.24) is 4.90 Å². The molecule has 0 aromatic rings. The highest BCUT2D eigenvalue weighted by Gasteiger charge is 2.09. The number of nitrogens with zero attached hydrogens (tertiary/aromatic N) is 1. The number of likely N-dealkylation sites (N-methyl/N-ethyl adjacent to an activating group) is 1. The van der Waals surface area contributed by atoms with Crippen LogP contribution < -0.4 is 5.73 Å². The standard InChI is InChI=1S/C9H20N2O2/c1-3-4-5-11(2)7-8(10)6-9(12)13/h8H,3-7,10H2,1-2H3,(H,12,13). The molecule has 1 unspecified atom stereocenters. The second-order valence-corrected chi connectivity index (χ2v) is 3.47. The summed E-state index contributed by atoms with van der Waals surface area (Å²) in [6, 6.07) is -0.251. The van der Waals surface area contributed by atoms with Crippen LogP contribution in [0.5, 0.6) is 0 Å². The lowest BCUT2D eigenvalue weighted by molar-refractivity contribution is -0.137. The number of carboxylic acids is 1. The third-order valence-electron chi connectivity index (χ3n) is 1.88. The van der Waals surface area contributed by atoms with Gasteiger partial charge in [-0.15, -0.1) is 0 Å². The highest BCUT2D eigenvalue weighted by atomic mass is 16.4. The van der Waals surface area contributed by atoms with Crippen LogP contribution in [0.15, 0.2) is 0 Å². The Balaban J connectivity index is 3.52. The maximum atomic E-state index is 10.3. The normalized spacial score (nSPS) is 13.2. The second kappa shape index (κ2) is 6.86. The van der Waals surface area contributed by atoms with E-state index in [2.05, 4.69) is 11.8 Å². The average molecular weight is 188 g/mol. The molecule has 3 N–H and O–H groups in total. The number of rotatable bonds is 7. The summed E-state index contributed by atoms with van der Waals surface area (Å²) in [5.41, 5.74) is 5.62. The molecule has 4 heteroatoms. The van der Waals surface area contributed by atoms with Crippen molar-refractivity contribution in [2.24, 2.45) is 5.73 Å². The Morgan fingerprint density at radius 3 is 2.69 bits per heavy atom. The van der Waals surface area contributed by atoms with Gasteiger partial charge in [-0.2, -0.15) is 0 Å². The molecule has 0 rings (SSSR count). The zero-order valence-corrected chi connectivity index (χ0v) is 8.49. The predicted octanol–water partition coefficient (Wildman–Crippen LogP) is 0.520. The summed E-state index contributed by atoms with van der Waals surface area (Å²) in [5.74, 6) is -0.823. The summed E-state index contributed by atoms with van der Waals surface area (Å²) >= 11 is 0.